The highest BCUT2D eigenvalue weighted by atomic mass is 19.1. The zero-order valence-electron chi connectivity index (χ0n) is 15.3. The van der Waals surface area contributed by atoms with Crippen LogP contribution in [0.2, 0.25) is 0 Å². The quantitative estimate of drug-likeness (QED) is 0.592. The average Bonchev–Trinajstić information content (AvgIpc) is 2.94. The summed E-state index contributed by atoms with van der Waals surface area (Å²) in [6.45, 7) is 0. The van der Waals surface area contributed by atoms with Crippen LogP contribution < -0.4 is 10.9 Å². The molecule has 4 rings (SSSR count). The molecule has 0 bridgehead atoms. The molecule has 7 nitrogen and oxygen atoms in total. The van der Waals surface area contributed by atoms with E-state index >= 15 is 0 Å². The Labute approximate surface area is 160 Å². The van der Waals surface area contributed by atoms with E-state index in [4.69, 9.17) is 0 Å². The highest BCUT2D eigenvalue weighted by Crippen LogP contribution is 2.29. The highest BCUT2D eigenvalue weighted by molar-refractivity contribution is 5.79. The summed E-state index contributed by atoms with van der Waals surface area (Å²) in [5, 5.41) is 3.12. The third-order valence-electron chi connectivity index (χ3n) is 4.49. The Morgan fingerprint density at radius 1 is 0.929 bits per heavy atom. The van der Waals surface area contributed by atoms with Crippen LogP contribution in [0.25, 0.3) is 22.5 Å². The number of hydrogen-bond donors (Lipinski definition) is 1. The van der Waals surface area contributed by atoms with Crippen molar-refractivity contribution >= 4 is 11.6 Å². The zero-order chi connectivity index (χ0) is 19.7. The van der Waals surface area contributed by atoms with Gasteiger partial charge in [-0.2, -0.15) is 0 Å². The molecule has 0 spiro atoms. The van der Waals surface area contributed by atoms with Gasteiger partial charge in [0.1, 0.15) is 5.82 Å². The van der Waals surface area contributed by atoms with Crippen LogP contribution in [0.1, 0.15) is 0 Å². The van der Waals surface area contributed by atoms with E-state index in [1.807, 2.05) is 0 Å². The van der Waals surface area contributed by atoms with Crippen molar-refractivity contribution in [2.24, 2.45) is 14.1 Å². The number of benzene rings is 1. The van der Waals surface area contributed by atoms with Gasteiger partial charge in [0.05, 0.1) is 17.0 Å². The average molecular weight is 376 g/mol. The van der Waals surface area contributed by atoms with Crippen LogP contribution in [0.5, 0.6) is 0 Å². The third kappa shape index (κ3) is 3.16. The number of anilines is 2. The Bertz CT molecular complexity index is 1180. The molecule has 0 atom stereocenters. The van der Waals surface area contributed by atoms with Crippen LogP contribution in [0, 0.1) is 5.82 Å². The fourth-order valence-electron chi connectivity index (χ4n) is 3.00. The molecule has 0 unspecified atom stereocenters. The Morgan fingerprint density at radius 2 is 1.64 bits per heavy atom. The molecule has 0 amide bonds. The summed E-state index contributed by atoms with van der Waals surface area (Å²) >= 11 is 0. The molecule has 0 saturated heterocycles. The monoisotopic (exact) mass is 376 g/mol. The lowest BCUT2D eigenvalue weighted by molar-refractivity contribution is 0.583. The maximum Gasteiger partial charge on any atom is 0.274 e. The molecular formula is C20H17FN6O. The maximum absolute atomic E-state index is 13.3. The van der Waals surface area contributed by atoms with E-state index in [-0.39, 0.29) is 11.4 Å². The van der Waals surface area contributed by atoms with Gasteiger partial charge in [-0.1, -0.05) is 12.1 Å². The number of nitrogens with zero attached hydrogens (tertiary/aromatic N) is 5. The molecule has 3 aromatic heterocycles. The smallest absolute Gasteiger partial charge is 0.274 e. The van der Waals surface area contributed by atoms with Crippen molar-refractivity contribution in [2.75, 3.05) is 5.32 Å². The Balaban J connectivity index is 1.83. The first-order chi connectivity index (χ1) is 13.5. The topological polar surface area (TPSA) is 77.6 Å². The largest absolute Gasteiger partial charge is 0.324 e. The van der Waals surface area contributed by atoms with Crippen LogP contribution in [0.15, 0.2) is 65.8 Å². The summed E-state index contributed by atoms with van der Waals surface area (Å²) in [6, 6.07) is 11.2. The molecule has 0 fully saturated rings. The molecular weight excluding hydrogens is 359 g/mol. The second-order valence-corrected chi connectivity index (χ2v) is 6.21. The first-order valence-electron chi connectivity index (χ1n) is 8.57. The SMILES string of the molecule is Cn1c(-c2ccnc(Nc3ccncc3)n2)c(-c2ccc(F)cc2)c(=O)n1C. The molecule has 0 saturated carbocycles. The van der Waals surface area contributed by atoms with E-state index in [0.29, 0.717) is 28.5 Å². The third-order valence-corrected chi connectivity index (χ3v) is 4.49. The van der Waals surface area contributed by atoms with Gasteiger partial charge in [0, 0.05) is 38.4 Å². The summed E-state index contributed by atoms with van der Waals surface area (Å²) in [5.74, 6) is 0.0361. The van der Waals surface area contributed by atoms with Crippen LogP contribution >= 0.6 is 0 Å². The normalized spacial score (nSPS) is 10.8. The molecule has 1 N–H and O–H groups in total. The summed E-state index contributed by atoms with van der Waals surface area (Å²) in [6.07, 6.45) is 4.96. The van der Waals surface area contributed by atoms with E-state index in [2.05, 4.69) is 20.3 Å². The number of nitrogens with one attached hydrogen (secondary N) is 1. The Kier molecular flexibility index (Phi) is 4.44. The van der Waals surface area contributed by atoms with Crippen molar-refractivity contribution in [1.29, 1.82) is 0 Å². The second-order valence-electron chi connectivity index (χ2n) is 6.21. The number of pyridine rings is 1. The van der Waals surface area contributed by atoms with Crippen molar-refractivity contribution in [1.82, 2.24) is 24.3 Å². The van der Waals surface area contributed by atoms with Gasteiger partial charge in [-0.05, 0) is 35.9 Å². The Morgan fingerprint density at radius 3 is 2.36 bits per heavy atom. The van der Waals surface area contributed by atoms with Gasteiger partial charge in [0.25, 0.3) is 5.56 Å². The predicted molar refractivity (Wildman–Crippen MR) is 105 cm³/mol. The number of aromatic nitrogens is 5. The lowest BCUT2D eigenvalue weighted by atomic mass is 10.0. The number of halogens is 1. The molecule has 0 radical (unpaired) electrons. The van der Waals surface area contributed by atoms with Gasteiger partial charge >= 0.3 is 0 Å². The lowest BCUT2D eigenvalue weighted by Crippen LogP contribution is -2.17. The Hall–Kier alpha value is -3.81. The zero-order valence-corrected chi connectivity index (χ0v) is 15.3. The molecule has 28 heavy (non-hydrogen) atoms. The highest BCUT2D eigenvalue weighted by Gasteiger charge is 2.20. The van der Waals surface area contributed by atoms with E-state index < -0.39 is 0 Å². The predicted octanol–water partition coefficient (Wildman–Crippen LogP) is 3.13. The fraction of sp³-hybridized carbons (Fsp3) is 0.100. The number of hydrogen-bond acceptors (Lipinski definition) is 5. The first kappa shape index (κ1) is 17.6. The maximum atomic E-state index is 13.3. The van der Waals surface area contributed by atoms with Crippen LogP contribution in [-0.4, -0.2) is 24.3 Å². The van der Waals surface area contributed by atoms with Crippen molar-refractivity contribution in [2.45, 2.75) is 0 Å². The molecule has 140 valence electrons. The lowest BCUT2D eigenvalue weighted by Gasteiger charge is -2.09. The minimum atomic E-state index is -0.357. The van der Waals surface area contributed by atoms with Crippen LogP contribution in [0.4, 0.5) is 16.0 Å². The van der Waals surface area contributed by atoms with Crippen molar-refractivity contribution < 1.29 is 4.39 Å². The molecule has 8 heteroatoms. The van der Waals surface area contributed by atoms with E-state index in [0.717, 1.165) is 5.69 Å². The van der Waals surface area contributed by atoms with E-state index in [1.54, 1.807) is 67.7 Å². The van der Waals surface area contributed by atoms with Gasteiger partial charge in [-0.15, -0.1) is 0 Å². The van der Waals surface area contributed by atoms with Crippen molar-refractivity contribution in [3.63, 3.8) is 0 Å². The standard InChI is InChI=1S/C20H17FN6O/c1-26-18(17(19(28)27(26)2)13-3-5-14(21)6-4-13)16-9-12-23-20(25-16)24-15-7-10-22-11-8-15/h3-12H,1-2H3,(H,22,23,24,25). The number of rotatable bonds is 4. The summed E-state index contributed by atoms with van der Waals surface area (Å²) in [4.78, 5) is 25.6. The first-order valence-corrected chi connectivity index (χ1v) is 8.57. The minimum Gasteiger partial charge on any atom is -0.324 e. The molecule has 0 aliphatic carbocycles. The van der Waals surface area contributed by atoms with Gasteiger partial charge in [0.15, 0.2) is 0 Å². The minimum absolute atomic E-state index is 0.189. The summed E-state index contributed by atoms with van der Waals surface area (Å²) < 4.78 is 16.6. The van der Waals surface area contributed by atoms with Gasteiger partial charge in [-0.3, -0.25) is 19.1 Å². The molecule has 4 aromatic rings. The molecule has 0 aliphatic rings. The van der Waals surface area contributed by atoms with Crippen LogP contribution in [-0.2, 0) is 14.1 Å². The van der Waals surface area contributed by atoms with Gasteiger partial charge < -0.3 is 5.32 Å². The summed E-state index contributed by atoms with van der Waals surface area (Å²) in [7, 11) is 3.46. The molecule has 1 aromatic carbocycles. The summed E-state index contributed by atoms with van der Waals surface area (Å²) in [5.41, 5.74) is 2.89. The van der Waals surface area contributed by atoms with E-state index in [9.17, 15) is 9.18 Å². The van der Waals surface area contributed by atoms with Crippen LogP contribution in [0.3, 0.4) is 0 Å². The van der Waals surface area contributed by atoms with Gasteiger partial charge in [0.2, 0.25) is 5.95 Å². The van der Waals surface area contributed by atoms with Crippen molar-refractivity contribution in [3.8, 4) is 22.5 Å². The molecule has 3 heterocycles. The fourth-order valence-corrected chi connectivity index (χ4v) is 3.00. The van der Waals surface area contributed by atoms with Crippen molar-refractivity contribution in [3.05, 3.63) is 77.2 Å². The molecule has 0 aliphatic heterocycles. The van der Waals surface area contributed by atoms with Gasteiger partial charge in [-0.25, -0.2) is 14.4 Å². The van der Waals surface area contributed by atoms with E-state index in [1.165, 1.54) is 16.8 Å². The second kappa shape index (κ2) is 7.07.